The van der Waals surface area contributed by atoms with E-state index in [1.165, 1.54) is 6.07 Å². The number of benzene rings is 2. The van der Waals surface area contributed by atoms with Gasteiger partial charge < -0.3 is 14.8 Å². The third-order valence-corrected chi connectivity index (χ3v) is 6.46. The molecular weight excluding hydrogens is 421 g/mol. The number of rotatable bonds is 5. The molecule has 2 bridgehead atoms. The summed E-state index contributed by atoms with van der Waals surface area (Å²) in [5.74, 6) is -0.696. The number of hydrogen-bond acceptors (Lipinski definition) is 4. The minimum Gasteiger partial charge on any atom is -0.459 e. The minimum absolute atomic E-state index is 0.142. The quantitative estimate of drug-likeness (QED) is 0.585. The van der Waals surface area contributed by atoms with Crippen LogP contribution in [0.4, 0.5) is 9.18 Å². The van der Waals surface area contributed by atoms with E-state index in [-0.39, 0.29) is 12.6 Å². The summed E-state index contributed by atoms with van der Waals surface area (Å²) in [6.07, 6.45) is 3.27. The van der Waals surface area contributed by atoms with Crippen LogP contribution in [0.25, 0.3) is 5.57 Å². The lowest BCUT2D eigenvalue weighted by Gasteiger charge is -2.51. The smallest absolute Gasteiger partial charge is 0.408 e. The second-order valence-electron chi connectivity index (χ2n) is 9.96. The first-order valence-electron chi connectivity index (χ1n) is 11.3. The van der Waals surface area contributed by atoms with E-state index in [0.717, 1.165) is 5.56 Å². The fourth-order valence-electron chi connectivity index (χ4n) is 4.76. The van der Waals surface area contributed by atoms with Crippen LogP contribution in [-0.2, 0) is 20.9 Å². The second kappa shape index (κ2) is 8.65. The molecule has 5 rings (SSSR count). The molecule has 0 aliphatic heterocycles. The van der Waals surface area contributed by atoms with Crippen LogP contribution in [0.15, 0.2) is 60.7 Å². The Balaban J connectivity index is 1.63. The predicted octanol–water partition coefficient (Wildman–Crippen LogP) is 5.79. The van der Waals surface area contributed by atoms with Gasteiger partial charge >= 0.3 is 12.1 Å². The molecule has 0 saturated heterocycles. The molecular formula is C27H30FNO4. The molecule has 5 nitrogen and oxygen atoms in total. The molecule has 0 spiro atoms. The van der Waals surface area contributed by atoms with Gasteiger partial charge in [-0.1, -0.05) is 54.6 Å². The van der Waals surface area contributed by atoms with Gasteiger partial charge in [-0.25, -0.2) is 9.18 Å². The fourth-order valence-corrected chi connectivity index (χ4v) is 4.76. The number of ether oxygens (including phenoxy) is 2. The van der Waals surface area contributed by atoms with Gasteiger partial charge in [-0.2, -0.15) is 0 Å². The first-order chi connectivity index (χ1) is 15.6. The molecule has 0 atom stereocenters. The van der Waals surface area contributed by atoms with Gasteiger partial charge in [0.15, 0.2) is 0 Å². The van der Waals surface area contributed by atoms with Crippen molar-refractivity contribution in [2.45, 2.75) is 64.2 Å². The number of esters is 1. The number of nitrogens with one attached hydrogen (secondary N) is 1. The SMILES string of the molecule is CC(C)(C)OC(=O)C12C=C(c3ccccc3F)C(NC(=O)OCc3ccccc3)(CC1)CC2. The van der Waals surface area contributed by atoms with E-state index < -0.39 is 28.5 Å². The number of carbonyl (C=O) groups is 2. The Morgan fingerprint density at radius 2 is 1.61 bits per heavy atom. The number of amides is 1. The number of fused-ring (bicyclic) bond motifs is 2. The molecule has 174 valence electrons. The van der Waals surface area contributed by atoms with Crippen LogP contribution in [0.1, 0.15) is 57.6 Å². The monoisotopic (exact) mass is 451 g/mol. The van der Waals surface area contributed by atoms with Crippen molar-refractivity contribution in [1.82, 2.24) is 5.32 Å². The molecule has 0 unspecified atom stereocenters. The third-order valence-electron chi connectivity index (χ3n) is 6.46. The third kappa shape index (κ3) is 4.80. The van der Waals surface area contributed by atoms with Crippen molar-refractivity contribution in [2.24, 2.45) is 5.41 Å². The lowest BCUT2D eigenvalue weighted by atomic mass is 9.57. The molecule has 0 radical (unpaired) electrons. The van der Waals surface area contributed by atoms with E-state index >= 15 is 0 Å². The topological polar surface area (TPSA) is 64.6 Å². The van der Waals surface area contributed by atoms with Crippen LogP contribution in [0.2, 0.25) is 0 Å². The Labute approximate surface area is 194 Å². The van der Waals surface area contributed by atoms with Crippen molar-refractivity contribution in [1.29, 1.82) is 0 Å². The van der Waals surface area contributed by atoms with E-state index in [0.29, 0.717) is 36.8 Å². The maximum atomic E-state index is 14.9. The van der Waals surface area contributed by atoms with E-state index in [1.807, 2.05) is 57.2 Å². The molecule has 0 heterocycles. The number of halogens is 1. The average Bonchev–Trinajstić information content (AvgIpc) is 2.78. The van der Waals surface area contributed by atoms with Gasteiger partial charge in [-0.15, -0.1) is 0 Å². The Kier molecular flexibility index (Phi) is 6.04. The van der Waals surface area contributed by atoms with Gasteiger partial charge in [0.05, 0.1) is 11.0 Å². The standard InChI is InChI=1S/C27H30FNO4/c1-25(2,3)33-23(30)26-13-15-27(16-14-26,21(17-26)20-11-7-8-12-22(20)28)29-24(31)32-18-19-9-5-4-6-10-19/h4-12,17H,13-16,18H2,1-3H3,(H,29,31). The summed E-state index contributed by atoms with van der Waals surface area (Å²) in [6, 6.07) is 15.9. The van der Waals surface area contributed by atoms with Crippen LogP contribution in [-0.4, -0.2) is 23.2 Å². The molecule has 1 fully saturated rings. The van der Waals surface area contributed by atoms with Crippen molar-refractivity contribution in [3.8, 4) is 0 Å². The summed E-state index contributed by atoms with van der Waals surface area (Å²) < 4.78 is 26.1. The molecule has 3 aliphatic rings. The van der Waals surface area contributed by atoms with Crippen molar-refractivity contribution in [2.75, 3.05) is 0 Å². The normalized spacial score (nSPS) is 24.1. The predicted molar refractivity (Wildman–Crippen MR) is 124 cm³/mol. The number of carbonyl (C=O) groups excluding carboxylic acids is 2. The molecule has 6 heteroatoms. The maximum absolute atomic E-state index is 14.9. The van der Waals surface area contributed by atoms with Crippen LogP contribution in [0.3, 0.4) is 0 Å². The summed E-state index contributed by atoms with van der Waals surface area (Å²) >= 11 is 0. The molecule has 3 aliphatic carbocycles. The summed E-state index contributed by atoms with van der Waals surface area (Å²) in [5.41, 5.74) is -0.384. The summed E-state index contributed by atoms with van der Waals surface area (Å²) in [4.78, 5) is 25.9. The second-order valence-corrected chi connectivity index (χ2v) is 9.96. The van der Waals surface area contributed by atoms with Gasteiger partial charge in [0.2, 0.25) is 0 Å². The average molecular weight is 452 g/mol. The van der Waals surface area contributed by atoms with Crippen LogP contribution < -0.4 is 5.32 Å². The Bertz CT molecular complexity index is 1060. The molecule has 1 saturated carbocycles. The van der Waals surface area contributed by atoms with Crippen LogP contribution in [0.5, 0.6) is 0 Å². The first kappa shape index (κ1) is 23.0. The van der Waals surface area contributed by atoms with E-state index in [2.05, 4.69) is 5.32 Å². The van der Waals surface area contributed by atoms with Crippen LogP contribution >= 0.6 is 0 Å². The zero-order valence-corrected chi connectivity index (χ0v) is 19.3. The molecule has 2 aromatic rings. The Hall–Kier alpha value is -3.15. The van der Waals surface area contributed by atoms with Crippen molar-refractivity contribution in [3.05, 3.63) is 77.6 Å². The van der Waals surface area contributed by atoms with Gasteiger partial charge in [-0.05, 0) is 63.7 Å². The minimum atomic E-state index is -0.831. The van der Waals surface area contributed by atoms with Crippen LogP contribution in [0, 0.1) is 11.2 Å². The van der Waals surface area contributed by atoms with Crippen molar-refractivity contribution in [3.63, 3.8) is 0 Å². The van der Waals surface area contributed by atoms with E-state index in [1.54, 1.807) is 18.2 Å². The van der Waals surface area contributed by atoms with Gasteiger partial charge in [0, 0.05) is 5.56 Å². The molecule has 33 heavy (non-hydrogen) atoms. The zero-order chi connectivity index (χ0) is 23.7. The van der Waals surface area contributed by atoms with Gasteiger partial charge in [-0.3, -0.25) is 4.79 Å². The summed E-state index contributed by atoms with van der Waals surface area (Å²) in [6.45, 7) is 5.65. The number of hydrogen-bond donors (Lipinski definition) is 1. The highest BCUT2D eigenvalue weighted by Crippen LogP contribution is 2.55. The van der Waals surface area contributed by atoms with Crippen molar-refractivity contribution >= 4 is 17.6 Å². The fraction of sp³-hybridized carbons (Fsp3) is 0.407. The molecule has 0 aromatic heterocycles. The summed E-state index contributed by atoms with van der Waals surface area (Å²) in [7, 11) is 0. The Morgan fingerprint density at radius 1 is 0.970 bits per heavy atom. The largest absolute Gasteiger partial charge is 0.459 e. The highest BCUT2D eigenvalue weighted by molar-refractivity contribution is 5.89. The zero-order valence-electron chi connectivity index (χ0n) is 19.3. The number of alkyl carbamates (subject to hydrolysis) is 1. The lowest BCUT2D eigenvalue weighted by molar-refractivity contribution is -0.167. The molecule has 1 amide bonds. The molecule has 1 N–H and O–H groups in total. The van der Waals surface area contributed by atoms with Crippen molar-refractivity contribution < 1.29 is 23.5 Å². The first-order valence-corrected chi connectivity index (χ1v) is 11.3. The maximum Gasteiger partial charge on any atom is 0.408 e. The van der Waals surface area contributed by atoms with E-state index in [4.69, 9.17) is 9.47 Å². The molecule has 2 aromatic carbocycles. The van der Waals surface area contributed by atoms with Gasteiger partial charge in [0.1, 0.15) is 18.0 Å². The highest BCUT2D eigenvalue weighted by atomic mass is 19.1. The van der Waals surface area contributed by atoms with Gasteiger partial charge in [0.25, 0.3) is 0 Å². The highest BCUT2D eigenvalue weighted by Gasteiger charge is 2.55. The summed E-state index contributed by atoms with van der Waals surface area (Å²) in [5, 5.41) is 3.02. The Morgan fingerprint density at radius 3 is 2.24 bits per heavy atom. The lowest BCUT2D eigenvalue weighted by Crippen LogP contribution is -2.58. The van der Waals surface area contributed by atoms with E-state index in [9.17, 15) is 14.0 Å².